The first-order valence-electron chi connectivity index (χ1n) is 5.25. The molecule has 0 saturated heterocycles. The van der Waals surface area contributed by atoms with Gasteiger partial charge in [-0.2, -0.15) is 0 Å². The van der Waals surface area contributed by atoms with Crippen molar-refractivity contribution in [3.05, 3.63) is 34.6 Å². The van der Waals surface area contributed by atoms with Crippen molar-refractivity contribution < 1.29 is 14.3 Å². The second-order valence-corrected chi connectivity index (χ2v) is 4.53. The van der Waals surface area contributed by atoms with E-state index in [1.807, 2.05) is 0 Å². The minimum absolute atomic E-state index is 0.0561. The molecule has 1 unspecified atom stereocenters. The smallest absolute Gasteiger partial charge is 0.313 e. The standard InChI is InChI=1S/C12H15ClFNO2/c1-12(11(16)17,5-6-15-2)8-3-4-10(14)9(13)7-8/h3-4,7,15H,5-6H2,1-2H3,(H,16,17). The topological polar surface area (TPSA) is 49.3 Å². The Morgan fingerprint density at radius 3 is 2.71 bits per heavy atom. The zero-order valence-electron chi connectivity index (χ0n) is 9.76. The second-order valence-electron chi connectivity index (χ2n) is 4.12. The summed E-state index contributed by atoms with van der Waals surface area (Å²) in [6, 6.07) is 4.03. The van der Waals surface area contributed by atoms with Crippen LogP contribution in [0, 0.1) is 5.82 Å². The van der Waals surface area contributed by atoms with Gasteiger partial charge in [-0.3, -0.25) is 4.79 Å². The number of hydrogen-bond donors (Lipinski definition) is 2. The first-order chi connectivity index (χ1) is 7.91. The third-order valence-corrected chi connectivity index (χ3v) is 3.19. The molecule has 0 saturated carbocycles. The molecule has 1 atom stereocenters. The summed E-state index contributed by atoms with van der Waals surface area (Å²) in [6.45, 7) is 2.16. The van der Waals surface area contributed by atoms with Crippen LogP contribution in [-0.2, 0) is 10.2 Å². The maximum absolute atomic E-state index is 13.0. The molecule has 0 aromatic heterocycles. The number of rotatable bonds is 5. The van der Waals surface area contributed by atoms with Crippen LogP contribution < -0.4 is 5.32 Å². The van der Waals surface area contributed by atoms with E-state index in [-0.39, 0.29) is 5.02 Å². The second kappa shape index (κ2) is 5.47. The van der Waals surface area contributed by atoms with Gasteiger partial charge in [-0.15, -0.1) is 0 Å². The average Bonchev–Trinajstić information content (AvgIpc) is 2.29. The normalized spacial score (nSPS) is 14.4. The molecule has 2 N–H and O–H groups in total. The Labute approximate surface area is 105 Å². The molecule has 1 aromatic rings. The van der Waals surface area contributed by atoms with E-state index in [4.69, 9.17) is 11.6 Å². The lowest BCUT2D eigenvalue weighted by molar-refractivity contribution is -0.143. The molecule has 5 heteroatoms. The van der Waals surface area contributed by atoms with E-state index in [1.54, 1.807) is 14.0 Å². The first-order valence-corrected chi connectivity index (χ1v) is 5.63. The van der Waals surface area contributed by atoms with E-state index in [0.29, 0.717) is 18.5 Å². The molecule has 0 aliphatic heterocycles. The number of hydrogen-bond acceptors (Lipinski definition) is 2. The molecule has 17 heavy (non-hydrogen) atoms. The molecule has 1 aromatic carbocycles. The fourth-order valence-electron chi connectivity index (χ4n) is 1.59. The highest BCUT2D eigenvalue weighted by atomic mass is 35.5. The molecule has 0 spiro atoms. The summed E-state index contributed by atoms with van der Waals surface area (Å²) in [6.07, 6.45) is 0.404. The Morgan fingerprint density at radius 2 is 2.24 bits per heavy atom. The van der Waals surface area contributed by atoms with Crippen LogP contribution in [0.5, 0.6) is 0 Å². The molecule has 3 nitrogen and oxygen atoms in total. The first kappa shape index (κ1) is 13.9. The van der Waals surface area contributed by atoms with Crippen LogP contribution in [0.25, 0.3) is 0 Å². The molecule has 0 aliphatic rings. The van der Waals surface area contributed by atoms with Crippen LogP contribution in [0.3, 0.4) is 0 Å². The van der Waals surface area contributed by atoms with Gasteiger partial charge in [0, 0.05) is 0 Å². The minimum Gasteiger partial charge on any atom is -0.481 e. The van der Waals surface area contributed by atoms with E-state index < -0.39 is 17.2 Å². The van der Waals surface area contributed by atoms with Crippen molar-refractivity contribution in [2.45, 2.75) is 18.8 Å². The van der Waals surface area contributed by atoms with Crippen molar-refractivity contribution in [1.82, 2.24) is 5.32 Å². The van der Waals surface area contributed by atoms with E-state index in [1.165, 1.54) is 18.2 Å². The fourth-order valence-corrected chi connectivity index (χ4v) is 1.77. The maximum atomic E-state index is 13.0. The van der Waals surface area contributed by atoms with Crippen LogP contribution in [0.15, 0.2) is 18.2 Å². The van der Waals surface area contributed by atoms with E-state index in [2.05, 4.69) is 5.32 Å². The van der Waals surface area contributed by atoms with Crippen LogP contribution in [0.4, 0.5) is 4.39 Å². The van der Waals surface area contributed by atoms with Gasteiger partial charge in [0.15, 0.2) is 0 Å². The Morgan fingerprint density at radius 1 is 1.59 bits per heavy atom. The minimum atomic E-state index is -1.07. The van der Waals surface area contributed by atoms with Crippen molar-refractivity contribution in [3.63, 3.8) is 0 Å². The van der Waals surface area contributed by atoms with Crippen LogP contribution >= 0.6 is 11.6 Å². The predicted molar refractivity (Wildman–Crippen MR) is 64.9 cm³/mol. The van der Waals surface area contributed by atoms with Gasteiger partial charge in [0.25, 0.3) is 0 Å². The molecular weight excluding hydrogens is 245 g/mol. The SMILES string of the molecule is CNCCC(C)(C(=O)O)c1ccc(F)c(Cl)c1. The number of benzene rings is 1. The van der Waals surface area contributed by atoms with Gasteiger partial charge < -0.3 is 10.4 Å². The third-order valence-electron chi connectivity index (χ3n) is 2.90. The van der Waals surface area contributed by atoms with Gasteiger partial charge in [-0.05, 0) is 44.6 Å². The Kier molecular flexibility index (Phi) is 4.48. The summed E-state index contributed by atoms with van der Waals surface area (Å²) in [5.74, 6) is -1.49. The highest BCUT2D eigenvalue weighted by molar-refractivity contribution is 6.30. The monoisotopic (exact) mass is 259 g/mol. The van der Waals surface area contributed by atoms with Gasteiger partial charge >= 0.3 is 5.97 Å². The number of carboxylic acids is 1. The van der Waals surface area contributed by atoms with Gasteiger partial charge in [-0.25, -0.2) is 4.39 Å². The summed E-state index contributed by atoms with van der Waals surface area (Å²) < 4.78 is 13.0. The van der Waals surface area contributed by atoms with Crippen molar-refractivity contribution >= 4 is 17.6 Å². The van der Waals surface area contributed by atoms with Crippen LogP contribution in [-0.4, -0.2) is 24.7 Å². The van der Waals surface area contributed by atoms with Gasteiger partial charge in [0.1, 0.15) is 5.82 Å². The Balaban J connectivity index is 3.13. The molecule has 94 valence electrons. The molecular formula is C12H15ClFNO2. The summed E-state index contributed by atoms with van der Waals surface area (Å²) >= 11 is 5.68. The van der Waals surface area contributed by atoms with Crippen molar-refractivity contribution in [1.29, 1.82) is 0 Å². The molecule has 0 amide bonds. The molecule has 1 rings (SSSR count). The zero-order valence-corrected chi connectivity index (χ0v) is 10.5. The molecule has 0 bridgehead atoms. The van der Waals surface area contributed by atoms with Crippen molar-refractivity contribution in [2.24, 2.45) is 0 Å². The number of aliphatic carboxylic acids is 1. The summed E-state index contributed by atoms with van der Waals surface area (Å²) in [5.41, 5.74) is -0.563. The molecule has 0 heterocycles. The number of halogens is 2. The predicted octanol–water partition coefficient (Wildman–Crippen LogP) is 2.43. The summed E-state index contributed by atoms with van der Waals surface area (Å²) in [5, 5.41) is 12.2. The lowest BCUT2D eigenvalue weighted by Crippen LogP contribution is -2.35. The molecule has 0 fully saturated rings. The zero-order chi connectivity index (χ0) is 13.1. The molecule has 0 aliphatic carbocycles. The van der Waals surface area contributed by atoms with Crippen molar-refractivity contribution in [2.75, 3.05) is 13.6 Å². The lowest BCUT2D eigenvalue weighted by Gasteiger charge is -2.25. The van der Waals surface area contributed by atoms with Gasteiger partial charge in [0.2, 0.25) is 0 Å². The van der Waals surface area contributed by atoms with Gasteiger partial charge in [-0.1, -0.05) is 17.7 Å². The summed E-state index contributed by atoms with van der Waals surface area (Å²) in [4.78, 5) is 11.4. The highest BCUT2D eigenvalue weighted by Crippen LogP contribution is 2.30. The Bertz CT molecular complexity index is 425. The largest absolute Gasteiger partial charge is 0.481 e. The van der Waals surface area contributed by atoms with Gasteiger partial charge in [0.05, 0.1) is 10.4 Å². The van der Waals surface area contributed by atoms with Crippen molar-refractivity contribution in [3.8, 4) is 0 Å². The quantitative estimate of drug-likeness (QED) is 0.854. The third kappa shape index (κ3) is 2.96. The Hall–Kier alpha value is -1.13. The van der Waals surface area contributed by atoms with Crippen LogP contribution in [0.1, 0.15) is 18.9 Å². The number of carboxylic acid groups (broad SMARTS) is 1. The maximum Gasteiger partial charge on any atom is 0.313 e. The number of carbonyl (C=O) groups is 1. The number of nitrogens with one attached hydrogen (secondary N) is 1. The highest BCUT2D eigenvalue weighted by Gasteiger charge is 2.34. The average molecular weight is 260 g/mol. The van der Waals surface area contributed by atoms with E-state index >= 15 is 0 Å². The lowest BCUT2D eigenvalue weighted by atomic mass is 9.79. The van der Waals surface area contributed by atoms with E-state index in [0.717, 1.165) is 0 Å². The molecule has 0 radical (unpaired) electrons. The van der Waals surface area contributed by atoms with E-state index in [9.17, 15) is 14.3 Å². The van der Waals surface area contributed by atoms with Crippen LogP contribution in [0.2, 0.25) is 5.02 Å². The summed E-state index contributed by atoms with van der Waals surface area (Å²) in [7, 11) is 1.75. The fraction of sp³-hybridized carbons (Fsp3) is 0.417.